The molecule has 2 aliphatic rings. The SMILES string of the molecule is C[C@]12C/C(=C/c3cccc(Br)c3)C(=O)C=C1CCC[C@@H]2O. The molecule has 0 radical (unpaired) electrons. The van der Waals surface area contributed by atoms with Crippen LogP contribution in [0.5, 0.6) is 0 Å². The van der Waals surface area contributed by atoms with Crippen molar-refractivity contribution >= 4 is 27.8 Å². The van der Waals surface area contributed by atoms with E-state index in [0.717, 1.165) is 40.4 Å². The molecule has 2 atom stereocenters. The van der Waals surface area contributed by atoms with Crippen LogP contribution in [-0.2, 0) is 4.79 Å². The molecule has 3 rings (SSSR count). The summed E-state index contributed by atoms with van der Waals surface area (Å²) in [5.74, 6) is 0.0940. The lowest BCUT2D eigenvalue weighted by Crippen LogP contribution is -2.40. The smallest absolute Gasteiger partial charge is 0.181 e. The molecule has 110 valence electrons. The van der Waals surface area contributed by atoms with Gasteiger partial charge in [0.25, 0.3) is 0 Å². The first-order valence-corrected chi connectivity index (χ1v) is 8.18. The van der Waals surface area contributed by atoms with E-state index in [1.807, 2.05) is 30.3 Å². The van der Waals surface area contributed by atoms with Crippen molar-refractivity contribution in [1.82, 2.24) is 0 Å². The lowest BCUT2D eigenvalue weighted by molar-refractivity contribution is -0.112. The zero-order valence-electron chi connectivity index (χ0n) is 12.1. The highest BCUT2D eigenvalue weighted by Crippen LogP contribution is 2.48. The summed E-state index contributed by atoms with van der Waals surface area (Å²) in [6, 6.07) is 7.92. The van der Waals surface area contributed by atoms with Gasteiger partial charge in [-0.25, -0.2) is 0 Å². The van der Waals surface area contributed by atoms with Crippen molar-refractivity contribution in [1.29, 1.82) is 0 Å². The van der Waals surface area contributed by atoms with Crippen LogP contribution in [0.25, 0.3) is 6.08 Å². The fourth-order valence-electron chi connectivity index (χ4n) is 3.43. The molecular weight excluding hydrogens is 328 g/mol. The topological polar surface area (TPSA) is 37.3 Å². The summed E-state index contributed by atoms with van der Waals surface area (Å²) in [4.78, 5) is 12.3. The Kier molecular flexibility index (Phi) is 3.89. The predicted octanol–water partition coefficient (Wildman–Crippen LogP) is 4.28. The van der Waals surface area contributed by atoms with Crippen molar-refractivity contribution in [2.75, 3.05) is 0 Å². The molecule has 0 spiro atoms. The first-order chi connectivity index (χ1) is 9.99. The molecule has 2 aliphatic carbocycles. The largest absolute Gasteiger partial charge is 0.392 e. The van der Waals surface area contributed by atoms with Crippen LogP contribution in [0.1, 0.15) is 38.2 Å². The molecule has 2 nitrogen and oxygen atoms in total. The second-order valence-electron chi connectivity index (χ2n) is 6.26. The third-order valence-electron chi connectivity index (χ3n) is 4.76. The number of aliphatic hydroxyl groups is 1. The van der Waals surface area contributed by atoms with Gasteiger partial charge in [-0.3, -0.25) is 4.79 Å². The standard InChI is InChI=1S/C18H19BrO2/c1-18-11-13(8-12-4-2-6-15(19)9-12)16(20)10-14(18)5-3-7-17(18)21/h2,4,6,8-10,17,21H,3,5,7,11H2,1H3/b13-8-/t17-,18-/m0/s1. The van der Waals surface area contributed by atoms with Crippen molar-refractivity contribution in [2.45, 2.75) is 38.7 Å². The molecule has 1 fully saturated rings. The lowest BCUT2D eigenvalue weighted by Gasteiger charge is -2.43. The highest BCUT2D eigenvalue weighted by Gasteiger charge is 2.43. The van der Waals surface area contributed by atoms with Gasteiger partial charge >= 0.3 is 0 Å². The zero-order valence-corrected chi connectivity index (χ0v) is 13.7. The van der Waals surface area contributed by atoms with E-state index >= 15 is 0 Å². The maximum atomic E-state index is 12.3. The number of hydrogen-bond acceptors (Lipinski definition) is 2. The van der Waals surface area contributed by atoms with Gasteiger partial charge in [-0.05, 0) is 55.5 Å². The average molecular weight is 347 g/mol. The van der Waals surface area contributed by atoms with Crippen molar-refractivity contribution in [3.8, 4) is 0 Å². The van der Waals surface area contributed by atoms with Gasteiger partial charge < -0.3 is 5.11 Å². The molecular formula is C18H19BrO2. The fraction of sp³-hybridized carbons (Fsp3) is 0.389. The van der Waals surface area contributed by atoms with Crippen LogP contribution < -0.4 is 0 Å². The first-order valence-electron chi connectivity index (χ1n) is 7.38. The maximum Gasteiger partial charge on any atom is 0.181 e. The van der Waals surface area contributed by atoms with Crippen molar-refractivity contribution in [2.24, 2.45) is 5.41 Å². The molecule has 1 aromatic rings. The molecule has 1 N–H and O–H groups in total. The summed E-state index contributed by atoms with van der Waals surface area (Å²) in [6.07, 6.45) is 6.72. The van der Waals surface area contributed by atoms with Gasteiger partial charge in [-0.15, -0.1) is 0 Å². The van der Waals surface area contributed by atoms with E-state index in [2.05, 4.69) is 22.9 Å². The molecule has 3 heteroatoms. The van der Waals surface area contributed by atoms with E-state index in [0.29, 0.717) is 6.42 Å². The average Bonchev–Trinajstić information content (AvgIpc) is 2.43. The summed E-state index contributed by atoms with van der Waals surface area (Å²) >= 11 is 3.45. The van der Waals surface area contributed by atoms with E-state index < -0.39 is 0 Å². The summed E-state index contributed by atoms with van der Waals surface area (Å²) < 4.78 is 1.00. The van der Waals surface area contributed by atoms with Gasteiger partial charge in [0, 0.05) is 15.5 Å². The number of halogens is 1. The predicted molar refractivity (Wildman–Crippen MR) is 87.8 cm³/mol. The molecule has 0 aliphatic heterocycles. The number of ketones is 1. The first kappa shape index (κ1) is 14.7. The second-order valence-corrected chi connectivity index (χ2v) is 7.18. The van der Waals surface area contributed by atoms with Crippen LogP contribution in [0.3, 0.4) is 0 Å². The van der Waals surface area contributed by atoms with Gasteiger partial charge in [0.1, 0.15) is 0 Å². The van der Waals surface area contributed by atoms with Gasteiger partial charge in [0.15, 0.2) is 5.78 Å². The third-order valence-corrected chi connectivity index (χ3v) is 5.26. The minimum atomic E-state index is -0.350. The Hall–Kier alpha value is -1.19. The Morgan fingerprint density at radius 2 is 2.24 bits per heavy atom. The van der Waals surface area contributed by atoms with E-state index in [-0.39, 0.29) is 17.3 Å². The van der Waals surface area contributed by atoms with E-state index in [1.165, 1.54) is 0 Å². The molecule has 0 amide bonds. The Bertz CT molecular complexity index is 644. The Balaban J connectivity index is 1.98. The number of rotatable bonds is 1. The fourth-order valence-corrected chi connectivity index (χ4v) is 3.84. The molecule has 0 unspecified atom stereocenters. The maximum absolute atomic E-state index is 12.3. The molecule has 0 bridgehead atoms. The quantitative estimate of drug-likeness (QED) is 0.770. The summed E-state index contributed by atoms with van der Waals surface area (Å²) in [7, 11) is 0. The van der Waals surface area contributed by atoms with Crippen LogP contribution in [0, 0.1) is 5.41 Å². The van der Waals surface area contributed by atoms with Crippen LogP contribution in [0.2, 0.25) is 0 Å². The number of aliphatic hydroxyl groups excluding tert-OH is 1. The van der Waals surface area contributed by atoms with Gasteiger partial charge in [0.05, 0.1) is 6.10 Å². The number of hydrogen-bond donors (Lipinski definition) is 1. The molecule has 21 heavy (non-hydrogen) atoms. The number of fused-ring (bicyclic) bond motifs is 1. The van der Waals surface area contributed by atoms with Crippen LogP contribution >= 0.6 is 15.9 Å². The number of carbonyl (C=O) groups excluding carboxylic acids is 1. The van der Waals surface area contributed by atoms with E-state index in [1.54, 1.807) is 6.08 Å². The number of allylic oxidation sites excluding steroid dienone is 2. The molecule has 0 heterocycles. The molecule has 1 saturated carbocycles. The van der Waals surface area contributed by atoms with Gasteiger partial charge in [0.2, 0.25) is 0 Å². The molecule has 1 aromatic carbocycles. The Morgan fingerprint density at radius 1 is 1.43 bits per heavy atom. The molecule has 0 saturated heterocycles. The van der Waals surface area contributed by atoms with Gasteiger partial charge in [-0.1, -0.05) is 40.6 Å². The summed E-state index contributed by atoms with van der Waals surface area (Å²) in [6.45, 7) is 2.09. The number of benzene rings is 1. The summed E-state index contributed by atoms with van der Waals surface area (Å²) in [5, 5.41) is 10.4. The Labute approximate surface area is 133 Å². The zero-order chi connectivity index (χ0) is 15.0. The summed E-state index contributed by atoms with van der Waals surface area (Å²) in [5.41, 5.74) is 2.65. The second kappa shape index (κ2) is 5.54. The third kappa shape index (κ3) is 2.77. The van der Waals surface area contributed by atoms with Crippen LogP contribution in [0.15, 0.2) is 46.0 Å². The van der Waals surface area contributed by atoms with Gasteiger partial charge in [-0.2, -0.15) is 0 Å². The normalized spacial score (nSPS) is 31.0. The highest BCUT2D eigenvalue weighted by atomic mass is 79.9. The minimum Gasteiger partial charge on any atom is -0.392 e. The van der Waals surface area contributed by atoms with Crippen LogP contribution in [-0.4, -0.2) is 17.0 Å². The molecule has 0 aromatic heterocycles. The number of carbonyl (C=O) groups is 1. The van der Waals surface area contributed by atoms with Crippen molar-refractivity contribution < 1.29 is 9.90 Å². The minimum absolute atomic E-state index is 0.0940. The monoisotopic (exact) mass is 346 g/mol. The van der Waals surface area contributed by atoms with E-state index in [4.69, 9.17) is 0 Å². The highest BCUT2D eigenvalue weighted by molar-refractivity contribution is 9.10. The van der Waals surface area contributed by atoms with Crippen molar-refractivity contribution in [3.63, 3.8) is 0 Å². The Morgan fingerprint density at radius 3 is 3.00 bits per heavy atom. The van der Waals surface area contributed by atoms with Crippen LogP contribution in [0.4, 0.5) is 0 Å². The lowest BCUT2D eigenvalue weighted by atomic mass is 9.63. The van der Waals surface area contributed by atoms with E-state index in [9.17, 15) is 9.90 Å². The van der Waals surface area contributed by atoms with Crippen molar-refractivity contribution in [3.05, 3.63) is 51.5 Å².